The zero-order valence-electron chi connectivity index (χ0n) is 16.5. The molecule has 0 fully saturated rings. The molecule has 4 aromatic rings. The van der Waals surface area contributed by atoms with Crippen LogP contribution >= 0.6 is 11.8 Å². The smallest absolute Gasteiger partial charge is 0.277 e. The van der Waals surface area contributed by atoms with E-state index in [4.69, 9.17) is 4.42 Å². The van der Waals surface area contributed by atoms with Crippen molar-refractivity contribution < 1.29 is 14.1 Å². The van der Waals surface area contributed by atoms with Crippen LogP contribution in [0.25, 0.3) is 22.4 Å². The Morgan fingerprint density at radius 2 is 1.97 bits per heavy atom. The molecule has 0 aliphatic heterocycles. The van der Waals surface area contributed by atoms with Crippen molar-refractivity contribution in [2.24, 2.45) is 0 Å². The van der Waals surface area contributed by atoms with Gasteiger partial charge in [0.05, 0.1) is 16.2 Å². The van der Waals surface area contributed by atoms with Gasteiger partial charge in [0, 0.05) is 28.8 Å². The Morgan fingerprint density at radius 3 is 2.84 bits per heavy atom. The van der Waals surface area contributed by atoms with Gasteiger partial charge in [-0.3, -0.25) is 19.5 Å². The Bertz CT molecular complexity index is 1310. The number of aromatic nitrogens is 3. The molecule has 0 unspecified atom stereocenters. The number of rotatable bonds is 5. The molecule has 1 aliphatic carbocycles. The number of fused-ring (bicyclic) bond motifs is 3. The number of nitrogens with zero attached hydrogens (tertiary/aromatic N) is 4. The molecule has 0 bridgehead atoms. The highest BCUT2D eigenvalue weighted by Gasteiger charge is 2.23. The van der Waals surface area contributed by atoms with Gasteiger partial charge in [-0.2, -0.15) is 0 Å². The molecule has 156 valence electrons. The Hall–Kier alpha value is -3.46. The second kappa shape index (κ2) is 7.99. The van der Waals surface area contributed by atoms with E-state index >= 15 is 0 Å². The van der Waals surface area contributed by atoms with Crippen LogP contribution in [0.5, 0.6) is 0 Å². The predicted molar refractivity (Wildman–Crippen MR) is 116 cm³/mol. The van der Waals surface area contributed by atoms with E-state index in [2.05, 4.69) is 16.3 Å². The maximum absolute atomic E-state index is 13.1. The van der Waals surface area contributed by atoms with Gasteiger partial charge in [-0.1, -0.05) is 36.0 Å². The molecule has 31 heavy (non-hydrogen) atoms. The second-order valence-electron chi connectivity index (χ2n) is 7.35. The summed E-state index contributed by atoms with van der Waals surface area (Å²) >= 11 is 1.17. The molecule has 0 N–H and O–H groups in total. The van der Waals surface area contributed by atoms with Crippen LogP contribution in [0.2, 0.25) is 0 Å². The summed E-state index contributed by atoms with van der Waals surface area (Å²) < 4.78 is 7.47. The van der Waals surface area contributed by atoms with Gasteiger partial charge in [0.1, 0.15) is 0 Å². The SMILES string of the molecule is O=C(CSc1nnc(-c2cccc([N+](=O)[O-])c2)o1)n1c2c(c3ccccc31)CCCC2. The Kier molecular flexibility index (Phi) is 5.03. The molecule has 5 rings (SSSR count). The Balaban J connectivity index is 1.37. The lowest BCUT2D eigenvalue weighted by Crippen LogP contribution is -2.18. The molecule has 8 nitrogen and oxygen atoms in total. The van der Waals surface area contributed by atoms with Crippen LogP contribution in [0.1, 0.15) is 28.9 Å². The molecule has 0 amide bonds. The molecule has 2 aromatic heterocycles. The summed E-state index contributed by atoms with van der Waals surface area (Å²) in [5.74, 6) is 0.309. The van der Waals surface area contributed by atoms with Gasteiger partial charge in [-0.15, -0.1) is 10.2 Å². The first-order chi connectivity index (χ1) is 15.1. The number of carbonyl (C=O) groups is 1. The number of thioether (sulfide) groups is 1. The fourth-order valence-corrected chi connectivity index (χ4v) is 4.72. The molecular formula is C22H18N4O4S. The van der Waals surface area contributed by atoms with Crippen molar-refractivity contribution in [2.75, 3.05) is 5.75 Å². The first-order valence-electron chi connectivity index (χ1n) is 9.97. The van der Waals surface area contributed by atoms with Crippen molar-refractivity contribution in [1.29, 1.82) is 0 Å². The topological polar surface area (TPSA) is 104 Å². The molecule has 2 aromatic carbocycles. The van der Waals surface area contributed by atoms with E-state index in [1.165, 1.54) is 29.5 Å². The van der Waals surface area contributed by atoms with Gasteiger partial charge in [0.15, 0.2) is 0 Å². The largest absolute Gasteiger partial charge is 0.411 e. The Labute approximate surface area is 181 Å². The molecule has 0 saturated heterocycles. The lowest BCUT2D eigenvalue weighted by Gasteiger charge is -2.14. The van der Waals surface area contributed by atoms with E-state index in [0.717, 1.165) is 42.3 Å². The monoisotopic (exact) mass is 434 g/mol. The first-order valence-corrected chi connectivity index (χ1v) is 11.0. The van der Waals surface area contributed by atoms with Crippen molar-refractivity contribution in [2.45, 2.75) is 30.9 Å². The number of non-ortho nitro benzene ring substituents is 1. The highest BCUT2D eigenvalue weighted by Crippen LogP contribution is 2.33. The van der Waals surface area contributed by atoms with Crippen molar-refractivity contribution in [3.05, 3.63) is 69.9 Å². The summed E-state index contributed by atoms with van der Waals surface area (Å²) in [7, 11) is 0. The van der Waals surface area contributed by atoms with Crippen LogP contribution < -0.4 is 0 Å². The second-order valence-corrected chi connectivity index (χ2v) is 8.27. The number of benzene rings is 2. The number of aryl methyl sites for hydroxylation is 1. The summed E-state index contributed by atoms with van der Waals surface area (Å²) in [5, 5.41) is 20.3. The summed E-state index contributed by atoms with van der Waals surface area (Å²) in [6, 6.07) is 14.0. The summed E-state index contributed by atoms with van der Waals surface area (Å²) in [6.45, 7) is 0. The van der Waals surface area contributed by atoms with Gasteiger partial charge in [0.25, 0.3) is 10.9 Å². The van der Waals surface area contributed by atoms with Crippen molar-refractivity contribution >= 4 is 34.3 Å². The summed E-state index contributed by atoms with van der Waals surface area (Å²) in [6.07, 6.45) is 4.13. The minimum Gasteiger partial charge on any atom is -0.411 e. The number of nitro benzene ring substituents is 1. The zero-order valence-corrected chi connectivity index (χ0v) is 17.3. The highest BCUT2D eigenvalue weighted by atomic mass is 32.2. The van der Waals surface area contributed by atoms with E-state index in [1.54, 1.807) is 12.1 Å². The summed E-state index contributed by atoms with van der Waals surface area (Å²) in [4.78, 5) is 23.6. The number of hydrogen-bond acceptors (Lipinski definition) is 7. The quantitative estimate of drug-likeness (QED) is 0.250. The third-order valence-corrected chi connectivity index (χ3v) is 6.26. The minimum atomic E-state index is -0.476. The van der Waals surface area contributed by atoms with E-state index < -0.39 is 4.92 Å². The van der Waals surface area contributed by atoms with E-state index in [1.807, 2.05) is 22.8 Å². The van der Waals surface area contributed by atoms with Crippen molar-refractivity contribution in [3.8, 4) is 11.5 Å². The lowest BCUT2D eigenvalue weighted by molar-refractivity contribution is -0.384. The summed E-state index contributed by atoms with van der Waals surface area (Å²) in [5.41, 5.74) is 3.75. The van der Waals surface area contributed by atoms with Crippen LogP contribution in [0, 0.1) is 10.1 Å². The highest BCUT2D eigenvalue weighted by molar-refractivity contribution is 7.99. The fraction of sp³-hybridized carbons (Fsp3) is 0.227. The third-order valence-electron chi connectivity index (χ3n) is 5.46. The van der Waals surface area contributed by atoms with Gasteiger partial charge in [-0.25, -0.2) is 0 Å². The predicted octanol–water partition coefficient (Wildman–Crippen LogP) is 4.91. The van der Waals surface area contributed by atoms with Crippen molar-refractivity contribution in [1.82, 2.24) is 14.8 Å². The maximum atomic E-state index is 13.1. The van der Waals surface area contributed by atoms with Gasteiger partial charge in [0.2, 0.25) is 11.8 Å². The molecule has 2 heterocycles. The maximum Gasteiger partial charge on any atom is 0.277 e. The van der Waals surface area contributed by atoms with Crippen molar-refractivity contribution in [3.63, 3.8) is 0 Å². The van der Waals surface area contributed by atoms with Crippen LogP contribution in [0.4, 0.5) is 5.69 Å². The average Bonchev–Trinajstić information content (AvgIpc) is 3.40. The molecular weight excluding hydrogens is 416 g/mol. The van der Waals surface area contributed by atoms with E-state index in [-0.39, 0.29) is 28.5 Å². The normalized spacial score (nSPS) is 13.3. The number of nitro groups is 1. The molecule has 1 aliphatic rings. The molecule has 9 heteroatoms. The minimum absolute atomic E-state index is 0.0283. The van der Waals surface area contributed by atoms with Gasteiger partial charge in [-0.05, 0) is 43.4 Å². The average molecular weight is 434 g/mol. The first kappa shape index (κ1) is 19.5. The van der Waals surface area contributed by atoms with Crippen LogP contribution in [-0.2, 0) is 12.8 Å². The standard InChI is InChI=1S/C22H18N4O4S/c27-20(25-18-10-3-1-8-16(18)17-9-2-4-11-19(17)25)13-31-22-24-23-21(30-22)14-6-5-7-15(12-14)26(28)29/h1,3,5-8,10,12H,2,4,9,11,13H2. The van der Waals surface area contributed by atoms with Gasteiger partial charge >= 0.3 is 0 Å². The third kappa shape index (κ3) is 3.61. The molecule has 0 atom stereocenters. The van der Waals surface area contributed by atoms with Crippen LogP contribution in [0.3, 0.4) is 0 Å². The fourth-order valence-electron chi connectivity index (χ4n) is 4.11. The van der Waals surface area contributed by atoms with Gasteiger partial charge < -0.3 is 4.42 Å². The molecule has 0 spiro atoms. The molecule has 0 saturated carbocycles. The van der Waals surface area contributed by atoms with Crippen LogP contribution in [-0.4, -0.2) is 31.3 Å². The van der Waals surface area contributed by atoms with Crippen LogP contribution in [0.15, 0.2) is 58.2 Å². The Morgan fingerprint density at radius 1 is 1.13 bits per heavy atom. The van der Waals surface area contributed by atoms with E-state index in [9.17, 15) is 14.9 Å². The molecule has 0 radical (unpaired) electrons. The number of para-hydroxylation sites is 1. The lowest BCUT2D eigenvalue weighted by atomic mass is 9.96. The number of hydrogen-bond donors (Lipinski definition) is 0. The number of carbonyl (C=O) groups excluding carboxylic acids is 1. The van der Waals surface area contributed by atoms with E-state index in [0.29, 0.717) is 5.56 Å². The zero-order chi connectivity index (χ0) is 21.4.